The van der Waals surface area contributed by atoms with Crippen molar-refractivity contribution in [1.29, 1.82) is 0 Å². The van der Waals surface area contributed by atoms with E-state index >= 15 is 0 Å². The molecule has 114 valence electrons. The van der Waals surface area contributed by atoms with Gasteiger partial charge in [0, 0.05) is 19.2 Å². The van der Waals surface area contributed by atoms with Crippen molar-refractivity contribution >= 4 is 11.6 Å². The molecule has 21 heavy (non-hydrogen) atoms. The predicted molar refractivity (Wildman–Crippen MR) is 81.1 cm³/mol. The molecule has 0 spiro atoms. The number of nitrogens with zero attached hydrogens (tertiary/aromatic N) is 2. The molecule has 1 heterocycles. The molecule has 0 atom stereocenters. The Kier molecular flexibility index (Phi) is 5.20. The summed E-state index contributed by atoms with van der Waals surface area (Å²) in [5, 5.41) is 7.94. The molecule has 0 saturated heterocycles. The van der Waals surface area contributed by atoms with Gasteiger partial charge in [-0.1, -0.05) is 30.7 Å². The van der Waals surface area contributed by atoms with Gasteiger partial charge in [0.15, 0.2) is 11.6 Å². The van der Waals surface area contributed by atoms with Crippen LogP contribution in [0.15, 0.2) is 18.2 Å². The first-order chi connectivity index (χ1) is 10.0. The smallest absolute Gasteiger partial charge is 0.165 e. The number of nitrogens with one attached hydrogen (secondary N) is 1. The number of aromatic nitrogens is 2. The number of para-hydroxylation sites is 1. The monoisotopic (exact) mass is 311 g/mol. The standard InChI is InChI=1S/C15H19ClFN3O/c1-4-18-8-11-6-5-7-12(17)15(11)21-9-13-14(16)10(2)19-20(13)3/h5-7,18H,4,8-9H2,1-3H3. The number of rotatable bonds is 6. The van der Waals surface area contributed by atoms with E-state index in [4.69, 9.17) is 16.3 Å². The lowest BCUT2D eigenvalue weighted by atomic mass is 10.2. The van der Waals surface area contributed by atoms with Crippen LogP contribution in [-0.4, -0.2) is 16.3 Å². The summed E-state index contributed by atoms with van der Waals surface area (Å²) in [5.74, 6) is -0.117. The maximum atomic E-state index is 14.0. The van der Waals surface area contributed by atoms with Gasteiger partial charge >= 0.3 is 0 Å². The second-order valence-corrected chi connectivity index (χ2v) is 5.14. The van der Waals surface area contributed by atoms with Crippen LogP contribution in [0.25, 0.3) is 0 Å². The van der Waals surface area contributed by atoms with Gasteiger partial charge in [0.25, 0.3) is 0 Å². The molecule has 0 unspecified atom stereocenters. The van der Waals surface area contributed by atoms with Crippen molar-refractivity contribution in [2.24, 2.45) is 7.05 Å². The van der Waals surface area contributed by atoms with Crippen LogP contribution >= 0.6 is 11.6 Å². The Bertz CT molecular complexity index is 628. The average Bonchev–Trinajstić information content (AvgIpc) is 2.69. The summed E-state index contributed by atoms with van der Waals surface area (Å²) < 4.78 is 21.3. The summed E-state index contributed by atoms with van der Waals surface area (Å²) in [4.78, 5) is 0. The highest BCUT2D eigenvalue weighted by Crippen LogP contribution is 2.26. The fraction of sp³-hybridized carbons (Fsp3) is 0.400. The van der Waals surface area contributed by atoms with E-state index in [0.29, 0.717) is 11.6 Å². The van der Waals surface area contributed by atoms with E-state index < -0.39 is 0 Å². The van der Waals surface area contributed by atoms with Crippen molar-refractivity contribution < 1.29 is 9.13 Å². The molecular weight excluding hydrogens is 293 g/mol. The Hall–Kier alpha value is -1.59. The molecule has 2 rings (SSSR count). The molecule has 1 N–H and O–H groups in total. The van der Waals surface area contributed by atoms with Gasteiger partial charge in [0.05, 0.1) is 16.4 Å². The Morgan fingerprint density at radius 1 is 1.43 bits per heavy atom. The minimum Gasteiger partial charge on any atom is -0.484 e. The van der Waals surface area contributed by atoms with E-state index in [1.165, 1.54) is 6.07 Å². The summed E-state index contributed by atoms with van der Waals surface area (Å²) in [6.07, 6.45) is 0. The number of halogens is 2. The first-order valence-corrected chi connectivity index (χ1v) is 7.21. The van der Waals surface area contributed by atoms with E-state index in [1.54, 1.807) is 17.8 Å². The van der Waals surface area contributed by atoms with Crippen molar-refractivity contribution in [2.75, 3.05) is 6.54 Å². The highest BCUT2D eigenvalue weighted by Gasteiger charge is 2.14. The van der Waals surface area contributed by atoms with E-state index in [9.17, 15) is 4.39 Å². The number of benzene rings is 1. The molecule has 0 saturated carbocycles. The Morgan fingerprint density at radius 2 is 2.19 bits per heavy atom. The Morgan fingerprint density at radius 3 is 2.81 bits per heavy atom. The first kappa shape index (κ1) is 15.8. The maximum absolute atomic E-state index is 14.0. The van der Waals surface area contributed by atoms with Gasteiger partial charge in [0.1, 0.15) is 6.61 Å². The van der Waals surface area contributed by atoms with Gasteiger partial charge in [-0.05, 0) is 19.5 Å². The van der Waals surface area contributed by atoms with Crippen molar-refractivity contribution in [3.8, 4) is 5.75 Å². The van der Waals surface area contributed by atoms with E-state index in [0.717, 1.165) is 23.5 Å². The summed E-state index contributed by atoms with van der Waals surface area (Å²) in [7, 11) is 1.79. The van der Waals surface area contributed by atoms with Crippen molar-refractivity contribution in [3.05, 3.63) is 46.0 Å². The normalized spacial score (nSPS) is 10.9. The van der Waals surface area contributed by atoms with Gasteiger partial charge in [-0.3, -0.25) is 4.68 Å². The molecule has 1 aromatic carbocycles. The van der Waals surface area contributed by atoms with Crippen LogP contribution in [0.2, 0.25) is 5.02 Å². The van der Waals surface area contributed by atoms with Crippen LogP contribution in [0.1, 0.15) is 23.9 Å². The topological polar surface area (TPSA) is 39.1 Å². The first-order valence-electron chi connectivity index (χ1n) is 6.83. The molecule has 0 aliphatic carbocycles. The minimum atomic E-state index is -0.375. The summed E-state index contributed by atoms with van der Waals surface area (Å²) in [5.41, 5.74) is 2.25. The molecule has 0 fully saturated rings. The SMILES string of the molecule is CCNCc1cccc(F)c1OCc1c(Cl)c(C)nn1C. The zero-order chi connectivity index (χ0) is 15.4. The van der Waals surface area contributed by atoms with Crippen LogP contribution < -0.4 is 10.1 Å². The van der Waals surface area contributed by atoms with Crippen molar-refractivity contribution in [1.82, 2.24) is 15.1 Å². The van der Waals surface area contributed by atoms with Crippen LogP contribution in [0.3, 0.4) is 0 Å². The lowest BCUT2D eigenvalue weighted by molar-refractivity contribution is 0.276. The summed E-state index contributed by atoms with van der Waals surface area (Å²) in [6.45, 7) is 5.37. The molecular formula is C15H19ClFN3O. The highest BCUT2D eigenvalue weighted by atomic mass is 35.5. The van der Waals surface area contributed by atoms with Crippen LogP contribution in [0.4, 0.5) is 4.39 Å². The second-order valence-electron chi connectivity index (χ2n) is 4.77. The zero-order valence-electron chi connectivity index (χ0n) is 12.4. The van der Waals surface area contributed by atoms with E-state index in [-0.39, 0.29) is 18.2 Å². The van der Waals surface area contributed by atoms with Crippen LogP contribution in [0, 0.1) is 12.7 Å². The van der Waals surface area contributed by atoms with Crippen molar-refractivity contribution in [3.63, 3.8) is 0 Å². The van der Waals surface area contributed by atoms with Gasteiger partial charge in [-0.25, -0.2) is 4.39 Å². The van der Waals surface area contributed by atoms with Crippen LogP contribution in [-0.2, 0) is 20.2 Å². The van der Waals surface area contributed by atoms with E-state index in [2.05, 4.69) is 10.4 Å². The van der Waals surface area contributed by atoms with Crippen molar-refractivity contribution in [2.45, 2.75) is 27.0 Å². The number of aryl methyl sites for hydroxylation is 2. The van der Waals surface area contributed by atoms with Gasteiger partial charge in [-0.15, -0.1) is 0 Å². The number of ether oxygens (including phenoxy) is 1. The molecule has 1 aromatic heterocycles. The quantitative estimate of drug-likeness (QED) is 0.890. The Labute approximate surface area is 128 Å². The van der Waals surface area contributed by atoms with Gasteiger partial charge < -0.3 is 10.1 Å². The van der Waals surface area contributed by atoms with E-state index in [1.807, 2.05) is 19.9 Å². The third kappa shape index (κ3) is 3.54. The zero-order valence-corrected chi connectivity index (χ0v) is 13.2. The third-order valence-electron chi connectivity index (χ3n) is 3.23. The minimum absolute atomic E-state index is 0.177. The average molecular weight is 312 g/mol. The molecule has 2 aromatic rings. The largest absolute Gasteiger partial charge is 0.484 e. The molecule has 0 amide bonds. The molecule has 6 heteroatoms. The lowest BCUT2D eigenvalue weighted by Gasteiger charge is -2.13. The second kappa shape index (κ2) is 6.91. The molecule has 0 aliphatic rings. The van der Waals surface area contributed by atoms with Crippen LogP contribution in [0.5, 0.6) is 5.75 Å². The fourth-order valence-corrected chi connectivity index (χ4v) is 2.31. The number of hydrogen-bond acceptors (Lipinski definition) is 3. The fourth-order valence-electron chi connectivity index (χ4n) is 2.09. The maximum Gasteiger partial charge on any atom is 0.165 e. The molecule has 0 radical (unpaired) electrons. The molecule has 4 nitrogen and oxygen atoms in total. The van der Waals surface area contributed by atoms with Gasteiger partial charge in [0.2, 0.25) is 0 Å². The molecule has 0 aliphatic heterocycles. The highest BCUT2D eigenvalue weighted by molar-refractivity contribution is 6.31. The number of hydrogen-bond donors (Lipinski definition) is 1. The lowest BCUT2D eigenvalue weighted by Crippen LogP contribution is -2.14. The summed E-state index contributed by atoms with van der Waals surface area (Å²) >= 11 is 6.17. The van der Waals surface area contributed by atoms with Gasteiger partial charge in [-0.2, -0.15) is 5.10 Å². The third-order valence-corrected chi connectivity index (χ3v) is 3.72. The Balaban J connectivity index is 2.19. The predicted octanol–water partition coefficient (Wildman–Crippen LogP) is 3.21. The summed E-state index contributed by atoms with van der Waals surface area (Å²) in [6, 6.07) is 4.91. The molecule has 0 bridgehead atoms.